The van der Waals surface area contributed by atoms with Gasteiger partial charge in [-0.05, 0) is 18.8 Å². The van der Waals surface area contributed by atoms with Crippen LogP contribution in [-0.4, -0.2) is 61.0 Å². The first-order valence-corrected chi connectivity index (χ1v) is 8.55. The van der Waals surface area contributed by atoms with Gasteiger partial charge in [-0.15, -0.1) is 0 Å². The van der Waals surface area contributed by atoms with E-state index < -0.39 is 0 Å². The molecular weight excluding hydrogens is 250 g/mol. The van der Waals surface area contributed by atoms with Crippen molar-refractivity contribution in [2.45, 2.75) is 51.0 Å². The fraction of sp³-hybridized carbons (Fsp3) is 0.938. The Balaban J connectivity index is 1.38. The minimum Gasteiger partial charge on any atom is -0.339 e. The average molecular weight is 279 g/mol. The van der Waals surface area contributed by atoms with Crippen molar-refractivity contribution < 1.29 is 4.79 Å². The Bertz CT molecular complexity index is 314. The lowest BCUT2D eigenvalue weighted by atomic mass is 9.94. The quantitative estimate of drug-likeness (QED) is 0.795. The second-order valence-electron chi connectivity index (χ2n) is 6.80. The average Bonchev–Trinajstić information content (AvgIpc) is 2.67. The molecule has 0 radical (unpaired) electrons. The molecule has 1 amide bonds. The zero-order valence-corrected chi connectivity index (χ0v) is 12.6. The number of carbonyl (C=O) groups is 1. The number of nitrogens with one attached hydrogen (secondary N) is 1. The molecule has 4 heteroatoms. The number of likely N-dealkylation sites (tertiary alicyclic amines) is 1. The van der Waals surface area contributed by atoms with E-state index in [2.05, 4.69) is 15.1 Å². The molecule has 1 saturated carbocycles. The topological polar surface area (TPSA) is 35.6 Å². The zero-order chi connectivity index (χ0) is 13.8. The van der Waals surface area contributed by atoms with Crippen LogP contribution in [0.2, 0.25) is 0 Å². The molecule has 20 heavy (non-hydrogen) atoms. The van der Waals surface area contributed by atoms with Crippen molar-refractivity contribution in [2.24, 2.45) is 5.92 Å². The van der Waals surface area contributed by atoms with E-state index in [0.717, 1.165) is 45.7 Å². The Labute approximate surface area is 122 Å². The van der Waals surface area contributed by atoms with Crippen LogP contribution in [0.4, 0.5) is 0 Å². The van der Waals surface area contributed by atoms with E-state index in [-0.39, 0.29) is 0 Å². The SMILES string of the molecule is O=C(CC1CCCCCC1)N1CC(N2CCNCC2)C1. The Morgan fingerprint density at radius 3 is 2.30 bits per heavy atom. The number of hydrogen-bond acceptors (Lipinski definition) is 3. The first kappa shape index (κ1) is 14.3. The molecule has 0 aromatic heterocycles. The minimum atomic E-state index is 0.420. The van der Waals surface area contributed by atoms with Crippen LogP contribution in [0.5, 0.6) is 0 Å². The lowest BCUT2D eigenvalue weighted by Crippen LogP contribution is -2.64. The summed E-state index contributed by atoms with van der Waals surface area (Å²) >= 11 is 0. The fourth-order valence-electron chi connectivity index (χ4n) is 3.88. The maximum Gasteiger partial charge on any atom is 0.222 e. The van der Waals surface area contributed by atoms with Gasteiger partial charge in [0.15, 0.2) is 0 Å². The van der Waals surface area contributed by atoms with Crippen LogP contribution in [0.3, 0.4) is 0 Å². The molecule has 0 atom stereocenters. The predicted octanol–water partition coefficient (Wildman–Crippen LogP) is 1.46. The highest BCUT2D eigenvalue weighted by molar-refractivity contribution is 5.77. The minimum absolute atomic E-state index is 0.420. The number of rotatable bonds is 3. The largest absolute Gasteiger partial charge is 0.339 e. The van der Waals surface area contributed by atoms with Gasteiger partial charge in [-0.25, -0.2) is 0 Å². The molecule has 114 valence electrons. The summed E-state index contributed by atoms with van der Waals surface area (Å²) in [6, 6.07) is 0.634. The highest BCUT2D eigenvalue weighted by Gasteiger charge is 2.35. The third-order valence-corrected chi connectivity index (χ3v) is 5.32. The fourth-order valence-corrected chi connectivity index (χ4v) is 3.88. The summed E-state index contributed by atoms with van der Waals surface area (Å²) in [5, 5.41) is 3.39. The predicted molar refractivity (Wildman–Crippen MR) is 80.6 cm³/mol. The molecule has 2 aliphatic heterocycles. The first-order chi connectivity index (χ1) is 9.83. The van der Waals surface area contributed by atoms with Gasteiger partial charge in [0.05, 0.1) is 0 Å². The van der Waals surface area contributed by atoms with Crippen molar-refractivity contribution in [3.05, 3.63) is 0 Å². The van der Waals surface area contributed by atoms with Gasteiger partial charge in [-0.2, -0.15) is 0 Å². The van der Waals surface area contributed by atoms with Gasteiger partial charge in [-0.1, -0.05) is 25.7 Å². The van der Waals surface area contributed by atoms with Crippen LogP contribution in [0.15, 0.2) is 0 Å². The standard InChI is InChI=1S/C16H29N3O/c20-16(11-14-5-3-1-2-4-6-14)19-12-15(13-19)18-9-7-17-8-10-18/h14-15,17H,1-13H2. The first-order valence-electron chi connectivity index (χ1n) is 8.55. The maximum atomic E-state index is 12.3. The zero-order valence-electron chi connectivity index (χ0n) is 12.6. The molecule has 3 aliphatic rings. The Morgan fingerprint density at radius 1 is 1.00 bits per heavy atom. The van der Waals surface area contributed by atoms with Crippen LogP contribution in [0, 0.1) is 5.92 Å². The van der Waals surface area contributed by atoms with Crippen molar-refractivity contribution in [3.8, 4) is 0 Å². The normalized spacial score (nSPS) is 27.1. The lowest BCUT2D eigenvalue weighted by Gasteiger charge is -2.47. The van der Waals surface area contributed by atoms with E-state index in [1.165, 1.54) is 38.5 Å². The molecule has 0 aromatic carbocycles. The number of hydrogen-bond donors (Lipinski definition) is 1. The molecule has 0 aromatic rings. The van der Waals surface area contributed by atoms with Crippen LogP contribution < -0.4 is 5.32 Å². The third-order valence-electron chi connectivity index (χ3n) is 5.32. The number of amides is 1. The van der Waals surface area contributed by atoms with Crippen LogP contribution in [-0.2, 0) is 4.79 Å². The van der Waals surface area contributed by atoms with Gasteiger partial charge in [0.1, 0.15) is 0 Å². The van der Waals surface area contributed by atoms with Crippen molar-refractivity contribution in [3.63, 3.8) is 0 Å². The van der Waals surface area contributed by atoms with Gasteiger partial charge in [0.25, 0.3) is 0 Å². The summed E-state index contributed by atoms with van der Waals surface area (Å²) in [4.78, 5) is 17.0. The summed E-state index contributed by atoms with van der Waals surface area (Å²) in [7, 11) is 0. The molecule has 3 fully saturated rings. The molecule has 0 bridgehead atoms. The lowest BCUT2D eigenvalue weighted by molar-refractivity contribution is -0.140. The summed E-state index contributed by atoms with van der Waals surface area (Å²) in [5.41, 5.74) is 0. The van der Waals surface area contributed by atoms with Gasteiger partial charge in [0.2, 0.25) is 5.91 Å². The molecule has 1 N–H and O–H groups in total. The molecule has 2 heterocycles. The van der Waals surface area contributed by atoms with Gasteiger partial charge in [-0.3, -0.25) is 9.69 Å². The number of carbonyl (C=O) groups excluding carboxylic acids is 1. The second-order valence-corrected chi connectivity index (χ2v) is 6.80. The maximum absolute atomic E-state index is 12.3. The van der Waals surface area contributed by atoms with Crippen LogP contribution in [0.1, 0.15) is 44.9 Å². The van der Waals surface area contributed by atoms with E-state index in [4.69, 9.17) is 0 Å². The van der Waals surface area contributed by atoms with Gasteiger partial charge >= 0.3 is 0 Å². The number of nitrogens with zero attached hydrogens (tertiary/aromatic N) is 2. The van der Waals surface area contributed by atoms with E-state index >= 15 is 0 Å². The van der Waals surface area contributed by atoms with Crippen molar-refractivity contribution in [1.29, 1.82) is 0 Å². The smallest absolute Gasteiger partial charge is 0.222 e. The number of piperazine rings is 1. The van der Waals surface area contributed by atoms with Crippen molar-refractivity contribution in [2.75, 3.05) is 39.3 Å². The summed E-state index contributed by atoms with van der Waals surface area (Å²) in [5.74, 6) is 1.09. The van der Waals surface area contributed by atoms with Crippen molar-refractivity contribution in [1.82, 2.24) is 15.1 Å². The van der Waals surface area contributed by atoms with E-state index in [0.29, 0.717) is 17.9 Å². The third kappa shape index (κ3) is 3.53. The summed E-state index contributed by atoms with van der Waals surface area (Å²) in [6.45, 7) is 6.46. The molecule has 1 aliphatic carbocycles. The highest BCUT2D eigenvalue weighted by atomic mass is 16.2. The Kier molecular flexibility index (Phi) is 4.94. The highest BCUT2D eigenvalue weighted by Crippen LogP contribution is 2.27. The van der Waals surface area contributed by atoms with E-state index in [1.54, 1.807) is 0 Å². The van der Waals surface area contributed by atoms with E-state index in [1.807, 2.05) is 0 Å². The Hall–Kier alpha value is -0.610. The van der Waals surface area contributed by atoms with Crippen molar-refractivity contribution >= 4 is 5.91 Å². The van der Waals surface area contributed by atoms with Crippen LogP contribution >= 0.6 is 0 Å². The van der Waals surface area contributed by atoms with Crippen LogP contribution in [0.25, 0.3) is 0 Å². The summed E-state index contributed by atoms with van der Waals surface area (Å²) in [6.07, 6.45) is 8.79. The van der Waals surface area contributed by atoms with Gasteiger partial charge < -0.3 is 10.2 Å². The summed E-state index contributed by atoms with van der Waals surface area (Å²) < 4.78 is 0. The monoisotopic (exact) mass is 279 g/mol. The molecule has 0 unspecified atom stereocenters. The Morgan fingerprint density at radius 2 is 1.65 bits per heavy atom. The molecule has 0 spiro atoms. The van der Waals surface area contributed by atoms with Gasteiger partial charge in [0, 0.05) is 51.7 Å². The molecule has 2 saturated heterocycles. The second kappa shape index (κ2) is 6.90. The molecule has 3 rings (SSSR count). The molecule has 4 nitrogen and oxygen atoms in total. The van der Waals surface area contributed by atoms with E-state index in [9.17, 15) is 4.79 Å². The molecular formula is C16H29N3O.